The van der Waals surface area contributed by atoms with E-state index in [2.05, 4.69) is 19.7 Å². The second kappa shape index (κ2) is 8.28. The summed E-state index contributed by atoms with van der Waals surface area (Å²) >= 11 is 6.27. The van der Waals surface area contributed by atoms with Crippen molar-refractivity contribution < 1.29 is 9.84 Å². The molecule has 7 heteroatoms. The smallest absolute Gasteiger partial charge is 0.157 e. The molecule has 2 aromatic carbocycles. The number of aromatic nitrogens is 3. The van der Waals surface area contributed by atoms with Crippen molar-refractivity contribution in [1.82, 2.24) is 14.8 Å². The molecule has 5 rings (SSSR count). The van der Waals surface area contributed by atoms with E-state index in [1.54, 1.807) is 0 Å². The van der Waals surface area contributed by atoms with Gasteiger partial charge in [0.05, 0.1) is 30.6 Å². The molecule has 30 heavy (non-hydrogen) atoms. The maximum Gasteiger partial charge on any atom is 0.157 e. The van der Waals surface area contributed by atoms with Gasteiger partial charge in [0.15, 0.2) is 5.82 Å². The van der Waals surface area contributed by atoms with E-state index in [9.17, 15) is 5.11 Å². The molecule has 0 atom stereocenters. The molecular formula is C23H25ClN4O2. The number of aliphatic hydroxyl groups is 1. The number of β-amino-alcohol motifs (C(OH)–C–C–N with tert-alkyl or cyclic N) is 1. The summed E-state index contributed by atoms with van der Waals surface area (Å²) < 4.78 is 8.35. The molecule has 6 nitrogen and oxygen atoms in total. The van der Waals surface area contributed by atoms with Gasteiger partial charge in [-0.1, -0.05) is 29.8 Å². The number of para-hydroxylation sites is 1. The molecule has 1 aliphatic carbocycles. The second-order valence-electron chi connectivity index (χ2n) is 7.99. The van der Waals surface area contributed by atoms with Gasteiger partial charge in [-0.3, -0.25) is 4.57 Å². The summed E-state index contributed by atoms with van der Waals surface area (Å²) in [5.41, 5.74) is 2.06. The van der Waals surface area contributed by atoms with Crippen molar-refractivity contribution in [2.75, 3.05) is 18.1 Å². The molecule has 2 aliphatic rings. The highest BCUT2D eigenvalue weighted by Gasteiger charge is 2.32. The molecule has 1 saturated carbocycles. The van der Waals surface area contributed by atoms with Crippen LogP contribution in [0.3, 0.4) is 0 Å². The lowest BCUT2D eigenvalue weighted by Gasteiger charge is -2.33. The van der Waals surface area contributed by atoms with Crippen LogP contribution in [0.5, 0.6) is 5.75 Å². The standard InChI is InChI=1S/C23H25ClN4O2/c24-17-8-11-20-21(14-17)27(12-13-29)15-22-25-26-23(28(20)22)16-6-9-19(10-7-16)30-18-4-2-1-3-5-18/h1-5,8,11,14,16,19,29H,6-7,9-10,12-13,15H2. The van der Waals surface area contributed by atoms with Gasteiger partial charge in [-0.05, 0) is 56.0 Å². The lowest BCUT2D eigenvalue weighted by molar-refractivity contribution is 0.144. The van der Waals surface area contributed by atoms with Crippen molar-refractivity contribution in [2.24, 2.45) is 0 Å². The molecule has 1 aliphatic heterocycles. The van der Waals surface area contributed by atoms with Crippen LogP contribution in [0.2, 0.25) is 5.02 Å². The molecule has 2 heterocycles. The largest absolute Gasteiger partial charge is 0.490 e. The number of hydrogen-bond acceptors (Lipinski definition) is 5. The van der Waals surface area contributed by atoms with Gasteiger partial charge in [0.1, 0.15) is 11.6 Å². The fourth-order valence-corrected chi connectivity index (χ4v) is 4.77. The summed E-state index contributed by atoms with van der Waals surface area (Å²) in [7, 11) is 0. The molecule has 0 bridgehead atoms. The van der Waals surface area contributed by atoms with Gasteiger partial charge >= 0.3 is 0 Å². The number of benzene rings is 2. The van der Waals surface area contributed by atoms with Crippen molar-refractivity contribution in [3.63, 3.8) is 0 Å². The monoisotopic (exact) mass is 424 g/mol. The van der Waals surface area contributed by atoms with Gasteiger partial charge in [0.25, 0.3) is 0 Å². The summed E-state index contributed by atoms with van der Waals surface area (Å²) in [4.78, 5) is 2.11. The Hall–Kier alpha value is -2.57. The molecule has 1 N–H and O–H groups in total. The Morgan fingerprint density at radius 2 is 1.80 bits per heavy atom. The van der Waals surface area contributed by atoms with Crippen molar-refractivity contribution in [1.29, 1.82) is 0 Å². The molecule has 0 saturated heterocycles. The quantitative estimate of drug-likeness (QED) is 0.660. The van der Waals surface area contributed by atoms with Crippen molar-refractivity contribution in [3.05, 3.63) is 65.2 Å². The fourth-order valence-electron chi connectivity index (χ4n) is 4.61. The van der Waals surface area contributed by atoms with Crippen LogP contribution in [-0.4, -0.2) is 39.1 Å². The summed E-state index contributed by atoms with van der Waals surface area (Å²) in [6.45, 7) is 1.24. The predicted molar refractivity (Wildman–Crippen MR) is 117 cm³/mol. The Kier molecular flexibility index (Phi) is 5.35. The zero-order valence-electron chi connectivity index (χ0n) is 16.7. The molecule has 0 radical (unpaired) electrons. The van der Waals surface area contributed by atoms with Crippen LogP contribution < -0.4 is 9.64 Å². The number of rotatable bonds is 5. The van der Waals surface area contributed by atoms with E-state index >= 15 is 0 Å². The van der Waals surface area contributed by atoms with Crippen molar-refractivity contribution in [3.8, 4) is 11.4 Å². The normalized spacial score (nSPS) is 20.5. The van der Waals surface area contributed by atoms with Crippen LogP contribution >= 0.6 is 11.6 Å². The molecule has 1 aromatic heterocycles. The zero-order valence-corrected chi connectivity index (χ0v) is 17.5. The first-order valence-corrected chi connectivity index (χ1v) is 10.9. The van der Waals surface area contributed by atoms with Crippen LogP contribution in [0.15, 0.2) is 48.5 Å². The first-order chi connectivity index (χ1) is 14.7. The molecule has 3 aromatic rings. The number of nitrogens with zero attached hydrogens (tertiary/aromatic N) is 4. The maximum absolute atomic E-state index is 9.47. The van der Waals surface area contributed by atoms with Gasteiger partial charge in [-0.15, -0.1) is 10.2 Å². The highest BCUT2D eigenvalue weighted by atomic mass is 35.5. The second-order valence-corrected chi connectivity index (χ2v) is 8.43. The maximum atomic E-state index is 9.47. The number of ether oxygens (including phenoxy) is 1. The first kappa shape index (κ1) is 19.4. The third-order valence-electron chi connectivity index (χ3n) is 6.06. The molecular weight excluding hydrogens is 400 g/mol. The van der Waals surface area contributed by atoms with E-state index in [1.807, 2.05) is 48.5 Å². The average molecular weight is 425 g/mol. The highest BCUT2D eigenvalue weighted by Crippen LogP contribution is 2.39. The molecule has 1 fully saturated rings. The lowest BCUT2D eigenvalue weighted by Crippen LogP contribution is -2.33. The van der Waals surface area contributed by atoms with Crippen LogP contribution in [0.1, 0.15) is 43.3 Å². The third kappa shape index (κ3) is 3.66. The minimum atomic E-state index is 0.0817. The minimum Gasteiger partial charge on any atom is -0.490 e. The van der Waals surface area contributed by atoms with E-state index in [0.717, 1.165) is 54.5 Å². The van der Waals surface area contributed by atoms with E-state index in [-0.39, 0.29) is 12.7 Å². The van der Waals surface area contributed by atoms with E-state index < -0.39 is 0 Å². The molecule has 0 unspecified atom stereocenters. The predicted octanol–water partition coefficient (Wildman–Crippen LogP) is 4.34. The van der Waals surface area contributed by atoms with Crippen LogP contribution in [-0.2, 0) is 6.54 Å². The third-order valence-corrected chi connectivity index (χ3v) is 6.30. The van der Waals surface area contributed by atoms with Crippen LogP contribution in [0.25, 0.3) is 5.69 Å². The summed E-state index contributed by atoms with van der Waals surface area (Å²) in [6.07, 6.45) is 4.31. The van der Waals surface area contributed by atoms with E-state index in [0.29, 0.717) is 24.0 Å². The van der Waals surface area contributed by atoms with Gasteiger partial charge in [0.2, 0.25) is 0 Å². The first-order valence-electron chi connectivity index (χ1n) is 10.5. The Morgan fingerprint density at radius 1 is 1.00 bits per heavy atom. The Bertz CT molecular complexity index is 1020. The number of fused-ring (bicyclic) bond motifs is 3. The highest BCUT2D eigenvalue weighted by molar-refractivity contribution is 6.31. The summed E-state index contributed by atoms with van der Waals surface area (Å²) in [5.74, 6) is 3.23. The van der Waals surface area contributed by atoms with Gasteiger partial charge in [-0.2, -0.15) is 0 Å². The molecule has 156 valence electrons. The van der Waals surface area contributed by atoms with E-state index in [1.165, 1.54) is 0 Å². The van der Waals surface area contributed by atoms with Gasteiger partial charge in [0, 0.05) is 17.5 Å². The zero-order chi connectivity index (χ0) is 20.5. The number of halogens is 1. The number of aliphatic hydroxyl groups excluding tert-OH is 1. The SMILES string of the molecule is OCCN1Cc2nnc(C3CCC(Oc4ccccc4)CC3)n2-c2ccc(Cl)cc21. The minimum absolute atomic E-state index is 0.0817. The number of anilines is 1. The molecule has 0 amide bonds. The topological polar surface area (TPSA) is 63.4 Å². The summed E-state index contributed by atoms with van der Waals surface area (Å²) in [6, 6.07) is 15.9. The van der Waals surface area contributed by atoms with Gasteiger partial charge < -0.3 is 14.7 Å². The Balaban J connectivity index is 1.37. The Labute approximate surface area is 181 Å². The molecule has 0 spiro atoms. The lowest BCUT2D eigenvalue weighted by atomic mass is 9.86. The summed E-state index contributed by atoms with van der Waals surface area (Å²) in [5, 5.41) is 19.3. The average Bonchev–Trinajstić information content (AvgIpc) is 3.19. The van der Waals surface area contributed by atoms with Crippen LogP contribution in [0.4, 0.5) is 5.69 Å². The van der Waals surface area contributed by atoms with E-state index in [4.69, 9.17) is 16.3 Å². The fraction of sp³-hybridized carbons (Fsp3) is 0.391. The van der Waals surface area contributed by atoms with Gasteiger partial charge in [-0.25, -0.2) is 0 Å². The van der Waals surface area contributed by atoms with Crippen LogP contribution in [0, 0.1) is 0 Å². The Morgan fingerprint density at radius 3 is 2.57 bits per heavy atom. The number of hydrogen-bond donors (Lipinski definition) is 1. The van der Waals surface area contributed by atoms with Crippen molar-refractivity contribution >= 4 is 17.3 Å². The van der Waals surface area contributed by atoms with Crippen molar-refractivity contribution in [2.45, 2.75) is 44.2 Å².